The van der Waals surface area contributed by atoms with Crippen LogP contribution < -0.4 is 4.74 Å². The van der Waals surface area contributed by atoms with Gasteiger partial charge in [-0.3, -0.25) is 0 Å². The molecule has 0 fully saturated rings. The van der Waals surface area contributed by atoms with Gasteiger partial charge >= 0.3 is 0 Å². The Morgan fingerprint density at radius 3 is 2.82 bits per heavy atom. The van der Waals surface area contributed by atoms with Gasteiger partial charge in [-0.05, 0) is 5.56 Å². The monoisotopic (exact) mass is 225 g/mol. The first-order valence-electron chi connectivity index (χ1n) is 5.39. The molecular formula is C13H11N3O. The van der Waals surface area contributed by atoms with Crippen LogP contribution in [0.4, 0.5) is 0 Å². The molecule has 0 bridgehead atoms. The van der Waals surface area contributed by atoms with E-state index in [1.165, 1.54) is 0 Å². The number of ether oxygens (including phenoxy) is 1. The van der Waals surface area contributed by atoms with Gasteiger partial charge in [0.05, 0.1) is 6.20 Å². The molecule has 0 aliphatic heterocycles. The largest absolute Gasteiger partial charge is 0.473 e. The van der Waals surface area contributed by atoms with Gasteiger partial charge in [0, 0.05) is 18.3 Å². The van der Waals surface area contributed by atoms with Crippen molar-refractivity contribution in [2.45, 2.75) is 6.61 Å². The highest BCUT2D eigenvalue weighted by atomic mass is 16.5. The summed E-state index contributed by atoms with van der Waals surface area (Å²) in [5.41, 5.74) is 1.92. The SMILES string of the molecule is c1ccc(COc2ccn3nccc3n2)cc1. The molecule has 0 saturated carbocycles. The number of nitrogens with zero attached hydrogens (tertiary/aromatic N) is 3. The summed E-state index contributed by atoms with van der Waals surface area (Å²) in [5.74, 6) is 0.613. The Labute approximate surface area is 98.5 Å². The Morgan fingerprint density at radius 1 is 1.06 bits per heavy atom. The molecule has 0 unspecified atom stereocenters. The molecule has 0 radical (unpaired) electrons. The Kier molecular flexibility index (Phi) is 2.46. The van der Waals surface area contributed by atoms with Gasteiger partial charge in [-0.15, -0.1) is 0 Å². The first-order valence-corrected chi connectivity index (χ1v) is 5.39. The van der Waals surface area contributed by atoms with E-state index in [0.29, 0.717) is 12.5 Å². The third-order valence-corrected chi connectivity index (χ3v) is 2.46. The summed E-state index contributed by atoms with van der Waals surface area (Å²) in [5, 5.41) is 4.08. The molecule has 3 rings (SSSR count). The Balaban J connectivity index is 1.76. The second-order valence-corrected chi connectivity index (χ2v) is 3.67. The molecule has 0 N–H and O–H groups in total. The Hall–Kier alpha value is -2.36. The third-order valence-electron chi connectivity index (χ3n) is 2.46. The average Bonchev–Trinajstić information content (AvgIpc) is 2.85. The summed E-state index contributed by atoms with van der Waals surface area (Å²) in [4.78, 5) is 4.33. The lowest BCUT2D eigenvalue weighted by Crippen LogP contribution is -1.98. The second-order valence-electron chi connectivity index (χ2n) is 3.67. The number of aromatic nitrogens is 3. The van der Waals surface area contributed by atoms with Gasteiger partial charge in [0.1, 0.15) is 6.61 Å². The molecule has 2 heterocycles. The molecular weight excluding hydrogens is 214 g/mol. The summed E-state index contributed by atoms with van der Waals surface area (Å²) in [7, 11) is 0. The van der Waals surface area contributed by atoms with E-state index in [9.17, 15) is 0 Å². The van der Waals surface area contributed by atoms with Crippen LogP contribution in [0.25, 0.3) is 5.65 Å². The quantitative estimate of drug-likeness (QED) is 0.686. The van der Waals surface area contributed by atoms with Crippen LogP contribution in [-0.2, 0) is 6.61 Å². The summed E-state index contributed by atoms with van der Waals surface area (Å²) >= 11 is 0. The number of fused-ring (bicyclic) bond motifs is 1. The predicted molar refractivity (Wildman–Crippen MR) is 63.8 cm³/mol. The number of hydrogen-bond donors (Lipinski definition) is 0. The van der Waals surface area contributed by atoms with Gasteiger partial charge in [-0.1, -0.05) is 30.3 Å². The summed E-state index contributed by atoms with van der Waals surface area (Å²) in [6.07, 6.45) is 3.55. The van der Waals surface area contributed by atoms with Crippen LogP contribution in [0.3, 0.4) is 0 Å². The molecule has 0 spiro atoms. The zero-order valence-electron chi connectivity index (χ0n) is 9.15. The number of benzene rings is 1. The Morgan fingerprint density at radius 2 is 1.94 bits per heavy atom. The maximum Gasteiger partial charge on any atom is 0.217 e. The fourth-order valence-corrected chi connectivity index (χ4v) is 1.61. The molecule has 0 amide bonds. The average molecular weight is 225 g/mol. The Bertz CT molecular complexity index is 619. The van der Waals surface area contributed by atoms with Crippen LogP contribution in [0.5, 0.6) is 5.88 Å². The van der Waals surface area contributed by atoms with E-state index in [2.05, 4.69) is 10.1 Å². The molecule has 0 aliphatic rings. The molecule has 2 aromatic heterocycles. The van der Waals surface area contributed by atoms with Crippen LogP contribution >= 0.6 is 0 Å². The lowest BCUT2D eigenvalue weighted by molar-refractivity contribution is 0.294. The minimum absolute atomic E-state index is 0.526. The fraction of sp³-hybridized carbons (Fsp3) is 0.0769. The van der Waals surface area contributed by atoms with Crippen LogP contribution in [0.1, 0.15) is 5.56 Å². The van der Waals surface area contributed by atoms with Crippen LogP contribution in [0.2, 0.25) is 0 Å². The molecule has 0 atom stereocenters. The number of hydrogen-bond acceptors (Lipinski definition) is 3. The standard InChI is InChI=1S/C13H11N3O/c1-2-4-11(5-3-1)10-17-13-7-9-16-12(15-13)6-8-14-16/h1-9H,10H2. The van der Waals surface area contributed by atoms with Gasteiger partial charge < -0.3 is 4.74 Å². The third kappa shape index (κ3) is 2.10. The van der Waals surface area contributed by atoms with Gasteiger partial charge in [-0.2, -0.15) is 10.1 Å². The van der Waals surface area contributed by atoms with Crippen LogP contribution in [0.15, 0.2) is 54.9 Å². The van der Waals surface area contributed by atoms with Gasteiger partial charge in [-0.25, -0.2) is 4.52 Å². The summed E-state index contributed by atoms with van der Waals surface area (Å²) in [6, 6.07) is 13.7. The normalized spacial score (nSPS) is 10.6. The van der Waals surface area contributed by atoms with Crippen molar-refractivity contribution in [3.8, 4) is 5.88 Å². The van der Waals surface area contributed by atoms with Crippen molar-refractivity contribution in [1.82, 2.24) is 14.6 Å². The smallest absolute Gasteiger partial charge is 0.217 e. The van der Waals surface area contributed by atoms with Crippen molar-refractivity contribution in [2.75, 3.05) is 0 Å². The lowest BCUT2D eigenvalue weighted by atomic mass is 10.2. The van der Waals surface area contributed by atoms with E-state index in [1.54, 1.807) is 10.7 Å². The lowest BCUT2D eigenvalue weighted by Gasteiger charge is -2.05. The van der Waals surface area contributed by atoms with Crippen LogP contribution in [0, 0.1) is 0 Å². The van der Waals surface area contributed by atoms with Gasteiger partial charge in [0.2, 0.25) is 5.88 Å². The summed E-state index contributed by atoms with van der Waals surface area (Å²) < 4.78 is 7.32. The molecule has 17 heavy (non-hydrogen) atoms. The van der Waals surface area contributed by atoms with Gasteiger partial charge in [0.25, 0.3) is 0 Å². The summed E-state index contributed by atoms with van der Waals surface area (Å²) in [6.45, 7) is 0.526. The second kappa shape index (κ2) is 4.25. The van der Waals surface area contributed by atoms with Crippen molar-refractivity contribution >= 4 is 5.65 Å². The zero-order chi connectivity index (χ0) is 11.5. The first-order chi connectivity index (χ1) is 8.42. The van der Waals surface area contributed by atoms with E-state index in [1.807, 2.05) is 48.7 Å². The minimum Gasteiger partial charge on any atom is -0.473 e. The van der Waals surface area contributed by atoms with Gasteiger partial charge in [0.15, 0.2) is 5.65 Å². The minimum atomic E-state index is 0.526. The van der Waals surface area contributed by atoms with E-state index < -0.39 is 0 Å². The van der Waals surface area contributed by atoms with Crippen molar-refractivity contribution in [2.24, 2.45) is 0 Å². The van der Waals surface area contributed by atoms with Crippen molar-refractivity contribution < 1.29 is 4.74 Å². The predicted octanol–water partition coefficient (Wildman–Crippen LogP) is 2.31. The highest BCUT2D eigenvalue weighted by Crippen LogP contribution is 2.10. The maximum atomic E-state index is 5.62. The highest BCUT2D eigenvalue weighted by molar-refractivity contribution is 5.37. The maximum absolute atomic E-state index is 5.62. The number of rotatable bonds is 3. The molecule has 4 heteroatoms. The van der Waals surface area contributed by atoms with Crippen molar-refractivity contribution in [1.29, 1.82) is 0 Å². The van der Waals surface area contributed by atoms with Crippen molar-refractivity contribution in [3.63, 3.8) is 0 Å². The molecule has 0 aliphatic carbocycles. The molecule has 1 aromatic carbocycles. The van der Waals surface area contributed by atoms with Crippen LogP contribution in [-0.4, -0.2) is 14.6 Å². The van der Waals surface area contributed by atoms with E-state index in [-0.39, 0.29) is 0 Å². The first kappa shape index (κ1) is 9.84. The molecule has 4 nitrogen and oxygen atoms in total. The molecule has 0 saturated heterocycles. The highest BCUT2D eigenvalue weighted by Gasteiger charge is 1.99. The zero-order valence-corrected chi connectivity index (χ0v) is 9.15. The van der Waals surface area contributed by atoms with E-state index in [0.717, 1.165) is 11.2 Å². The van der Waals surface area contributed by atoms with Crippen molar-refractivity contribution in [3.05, 3.63) is 60.4 Å². The molecule has 84 valence electrons. The fourth-order valence-electron chi connectivity index (χ4n) is 1.61. The van der Waals surface area contributed by atoms with E-state index in [4.69, 9.17) is 4.74 Å². The topological polar surface area (TPSA) is 39.4 Å². The molecule has 3 aromatic rings. The van der Waals surface area contributed by atoms with E-state index >= 15 is 0 Å².